The smallest absolute Gasteiger partial charge is 0.269 e. The Morgan fingerprint density at radius 1 is 1.19 bits per heavy atom. The highest BCUT2D eigenvalue weighted by Gasteiger charge is 2.19. The van der Waals surface area contributed by atoms with Crippen molar-refractivity contribution in [1.29, 1.82) is 0 Å². The molecule has 0 aliphatic heterocycles. The van der Waals surface area contributed by atoms with Gasteiger partial charge in [0.2, 0.25) is 0 Å². The Morgan fingerprint density at radius 3 is 2.85 bits per heavy atom. The minimum absolute atomic E-state index is 0.238. The number of aromatic nitrogens is 2. The number of anilines is 2. The van der Waals surface area contributed by atoms with E-state index in [1.165, 1.54) is 28.2 Å². The largest absolute Gasteiger partial charge is 0.397 e. The molecule has 0 bridgehead atoms. The summed E-state index contributed by atoms with van der Waals surface area (Å²) < 4.78 is 1.05. The molecule has 5 nitrogen and oxygen atoms in total. The van der Waals surface area contributed by atoms with Gasteiger partial charge in [-0.25, -0.2) is 9.97 Å². The fourth-order valence-electron chi connectivity index (χ4n) is 2.84. The molecule has 0 fully saturated rings. The van der Waals surface area contributed by atoms with Gasteiger partial charge in [0, 0.05) is 11.1 Å². The van der Waals surface area contributed by atoms with Crippen molar-refractivity contribution in [1.82, 2.24) is 9.97 Å². The number of aryl methyl sites for hydroxylation is 2. The standard InChI is InChI=1S/C19H18N4OS2/c1-3-4-11-6-7-12-15(20)16(26-18(12)21-11)17(24)23-19-22-13-8-5-10(2)9-14(13)25-19/h5-9H,3-4,20H2,1-2H3,(H,22,23,24). The van der Waals surface area contributed by atoms with Crippen LogP contribution in [0.3, 0.4) is 0 Å². The monoisotopic (exact) mass is 382 g/mol. The van der Waals surface area contributed by atoms with Gasteiger partial charge in [0.05, 0.1) is 15.9 Å². The summed E-state index contributed by atoms with van der Waals surface area (Å²) in [6.07, 6.45) is 1.95. The molecule has 0 spiro atoms. The first-order chi connectivity index (χ1) is 12.5. The summed E-state index contributed by atoms with van der Waals surface area (Å²) >= 11 is 2.79. The molecular formula is C19H18N4OS2. The number of nitrogens with zero attached hydrogens (tertiary/aromatic N) is 2. The van der Waals surface area contributed by atoms with Gasteiger partial charge in [0.1, 0.15) is 9.71 Å². The third-order valence-corrected chi connectivity index (χ3v) is 6.18. The molecule has 0 aliphatic rings. The molecule has 0 radical (unpaired) electrons. The lowest BCUT2D eigenvalue weighted by Gasteiger charge is -1.99. The number of benzene rings is 1. The van der Waals surface area contributed by atoms with E-state index in [1.54, 1.807) is 0 Å². The van der Waals surface area contributed by atoms with E-state index < -0.39 is 0 Å². The number of pyridine rings is 1. The van der Waals surface area contributed by atoms with E-state index in [1.807, 2.05) is 31.2 Å². The summed E-state index contributed by atoms with van der Waals surface area (Å²) in [5.74, 6) is -0.238. The van der Waals surface area contributed by atoms with Crippen molar-refractivity contribution < 1.29 is 4.79 Å². The van der Waals surface area contributed by atoms with Crippen LogP contribution in [0.2, 0.25) is 0 Å². The van der Waals surface area contributed by atoms with Crippen molar-refractivity contribution >= 4 is 59.8 Å². The number of nitrogens with one attached hydrogen (secondary N) is 1. The van der Waals surface area contributed by atoms with Crippen LogP contribution >= 0.6 is 22.7 Å². The predicted molar refractivity (Wildman–Crippen MR) is 110 cm³/mol. The zero-order valence-electron chi connectivity index (χ0n) is 14.5. The molecule has 3 aromatic heterocycles. The molecule has 132 valence electrons. The summed E-state index contributed by atoms with van der Waals surface area (Å²) in [5.41, 5.74) is 9.76. The molecule has 7 heteroatoms. The average molecular weight is 383 g/mol. The average Bonchev–Trinajstić information content (AvgIpc) is 3.15. The summed E-state index contributed by atoms with van der Waals surface area (Å²) in [5, 5.41) is 4.29. The van der Waals surface area contributed by atoms with Gasteiger partial charge in [-0.3, -0.25) is 10.1 Å². The van der Waals surface area contributed by atoms with Crippen molar-refractivity contribution in [3.8, 4) is 0 Å². The second kappa shape index (κ2) is 6.66. The molecule has 0 aliphatic carbocycles. The second-order valence-electron chi connectivity index (χ2n) is 6.19. The van der Waals surface area contributed by atoms with Gasteiger partial charge in [0.25, 0.3) is 5.91 Å². The van der Waals surface area contributed by atoms with Gasteiger partial charge in [-0.2, -0.15) is 0 Å². The molecule has 26 heavy (non-hydrogen) atoms. The summed E-state index contributed by atoms with van der Waals surface area (Å²) in [6, 6.07) is 9.97. The van der Waals surface area contributed by atoms with Crippen molar-refractivity contribution in [2.75, 3.05) is 11.1 Å². The minimum Gasteiger partial charge on any atom is -0.397 e. The third-order valence-electron chi connectivity index (χ3n) is 4.13. The molecule has 1 amide bonds. The zero-order chi connectivity index (χ0) is 18.3. The van der Waals surface area contributed by atoms with E-state index in [-0.39, 0.29) is 5.91 Å². The van der Waals surface area contributed by atoms with Gasteiger partial charge >= 0.3 is 0 Å². The molecule has 0 saturated heterocycles. The molecule has 3 N–H and O–H groups in total. The molecule has 0 unspecified atom stereocenters. The SMILES string of the molecule is CCCc1ccc2c(N)c(C(=O)Nc3nc4ccc(C)cc4s3)sc2n1. The highest BCUT2D eigenvalue weighted by atomic mass is 32.1. The first kappa shape index (κ1) is 16.9. The highest BCUT2D eigenvalue weighted by Crippen LogP contribution is 2.34. The van der Waals surface area contributed by atoms with Gasteiger partial charge < -0.3 is 5.73 Å². The maximum Gasteiger partial charge on any atom is 0.269 e. The highest BCUT2D eigenvalue weighted by molar-refractivity contribution is 7.23. The Bertz CT molecular complexity index is 1130. The lowest BCUT2D eigenvalue weighted by atomic mass is 10.2. The van der Waals surface area contributed by atoms with E-state index in [4.69, 9.17) is 5.73 Å². The zero-order valence-corrected chi connectivity index (χ0v) is 16.1. The molecule has 1 aromatic carbocycles. The summed E-state index contributed by atoms with van der Waals surface area (Å²) in [4.78, 5) is 23.1. The Balaban J connectivity index is 1.65. The lowest BCUT2D eigenvalue weighted by molar-refractivity contribution is 0.103. The van der Waals surface area contributed by atoms with Crippen LogP contribution in [0.25, 0.3) is 20.4 Å². The molecule has 4 aromatic rings. The van der Waals surface area contributed by atoms with Gasteiger partial charge in [0.15, 0.2) is 5.13 Å². The van der Waals surface area contributed by atoms with Gasteiger partial charge in [-0.05, 0) is 43.2 Å². The number of nitrogens with two attached hydrogens (primary N) is 1. The number of hydrogen-bond acceptors (Lipinski definition) is 6. The van der Waals surface area contributed by atoms with Crippen molar-refractivity contribution in [2.45, 2.75) is 26.7 Å². The number of carbonyl (C=O) groups excluding carboxylic acids is 1. The van der Waals surface area contributed by atoms with E-state index in [0.717, 1.165) is 39.0 Å². The second-order valence-corrected chi connectivity index (χ2v) is 8.22. The maximum atomic E-state index is 12.7. The van der Waals surface area contributed by atoms with E-state index >= 15 is 0 Å². The van der Waals surface area contributed by atoms with Crippen LogP contribution in [-0.2, 0) is 6.42 Å². The van der Waals surface area contributed by atoms with Gasteiger partial charge in [-0.15, -0.1) is 11.3 Å². The molecule has 4 rings (SSSR count). The summed E-state index contributed by atoms with van der Waals surface area (Å²) in [6.45, 7) is 4.15. The van der Waals surface area contributed by atoms with Crippen molar-refractivity contribution in [3.63, 3.8) is 0 Å². The normalized spacial score (nSPS) is 11.3. The van der Waals surface area contributed by atoms with Crippen LogP contribution in [0.4, 0.5) is 10.8 Å². The molecular weight excluding hydrogens is 364 g/mol. The predicted octanol–water partition coefficient (Wildman–Crippen LogP) is 5.00. The number of thiophene rings is 1. The van der Waals surface area contributed by atoms with Crippen LogP contribution in [0.15, 0.2) is 30.3 Å². The Kier molecular flexibility index (Phi) is 4.34. The summed E-state index contributed by atoms with van der Waals surface area (Å²) in [7, 11) is 0. The Labute approximate surface area is 158 Å². The molecule has 0 saturated carbocycles. The van der Waals surface area contributed by atoms with E-state index in [0.29, 0.717) is 15.7 Å². The number of rotatable bonds is 4. The van der Waals surface area contributed by atoms with Crippen molar-refractivity contribution in [2.24, 2.45) is 0 Å². The number of carbonyl (C=O) groups is 1. The first-order valence-electron chi connectivity index (χ1n) is 8.41. The van der Waals surface area contributed by atoms with Crippen molar-refractivity contribution in [3.05, 3.63) is 46.5 Å². The van der Waals surface area contributed by atoms with Gasteiger partial charge in [-0.1, -0.05) is 30.7 Å². The third kappa shape index (κ3) is 3.04. The minimum atomic E-state index is -0.238. The van der Waals surface area contributed by atoms with Crippen LogP contribution in [0.1, 0.15) is 34.3 Å². The van der Waals surface area contributed by atoms with Crippen LogP contribution in [0.5, 0.6) is 0 Å². The van der Waals surface area contributed by atoms with Crippen LogP contribution in [-0.4, -0.2) is 15.9 Å². The maximum absolute atomic E-state index is 12.7. The lowest BCUT2D eigenvalue weighted by Crippen LogP contribution is -2.11. The van der Waals surface area contributed by atoms with E-state index in [2.05, 4.69) is 28.3 Å². The number of nitrogen functional groups attached to an aromatic ring is 1. The van der Waals surface area contributed by atoms with Crippen LogP contribution in [0, 0.1) is 6.92 Å². The number of hydrogen-bond donors (Lipinski definition) is 2. The van der Waals surface area contributed by atoms with E-state index in [9.17, 15) is 4.79 Å². The molecule has 3 heterocycles. The number of amides is 1. The topological polar surface area (TPSA) is 80.9 Å². The number of thiazole rings is 1. The fourth-order valence-corrected chi connectivity index (χ4v) is 4.81. The quantitative estimate of drug-likeness (QED) is 0.520. The fraction of sp³-hybridized carbons (Fsp3) is 0.211. The Hall–Kier alpha value is -2.51. The number of fused-ring (bicyclic) bond motifs is 2. The molecule has 0 atom stereocenters. The first-order valence-corrected chi connectivity index (χ1v) is 10.0. The Morgan fingerprint density at radius 2 is 2.04 bits per heavy atom. The van der Waals surface area contributed by atoms with Crippen LogP contribution < -0.4 is 11.1 Å².